The van der Waals surface area contributed by atoms with Gasteiger partial charge in [0.15, 0.2) is 0 Å². The molecule has 0 bridgehead atoms. The second kappa shape index (κ2) is 6.78. The van der Waals surface area contributed by atoms with Crippen molar-refractivity contribution >= 4 is 11.6 Å². The molecule has 0 heterocycles. The van der Waals surface area contributed by atoms with Gasteiger partial charge in [-0.15, -0.1) is 0 Å². The summed E-state index contributed by atoms with van der Waals surface area (Å²) in [5.41, 5.74) is 8.05. The predicted octanol–water partition coefficient (Wildman–Crippen LogP) is 4.54. The van der Waals surface area contributed by atoms with E-state index in [-0.39, 0.29) is 6.10 Å². The number of halogens is 1. The van der Waals surface area contributed by atoms with Crippen molar-refractivity contribution in [2.75, 3.05) is 6.54 Å². The van der Waals surface area contributed by atoms with Gasteiger partial charge in [0, 0.05) is 11.6 Å². The first-order valence-corrected chi connectivity index (χ1v) is 7.20. The van der Waals surface area contributed by atoms with Crippen LogP contribution in [0.1, 0.15) is 37.0 Å². The third kappa shape index (κ3) is 3.53. The maximum absolute atomic E-state index is 6.11. The van der Waals surface area contributed by atoms with E-state index >= 15 is 0 Å². The monoisotopic (exact) mass is 289 g/mol. The third-order valence-corrected chi connectivity index (χ3v) is 3.48. The summed E-state index contributed by atoms with van der Waals surface area (Å²) in [7, 11) is 0. The summed E-state index contributed by atoms with van der Waals surface area (Å²) >= 11 is 6.03. The van der Waals surface area contributed by atoms with Gasteiger partial charge in [0.1, 0.15) is 11.9 Å². The number of nitrogens with two attached hydrogens (primary N) is 1. The zero-order valence-corrected chi connectivity index (χ0v) is 12.6. The Kier molecular flexibility index (Phi) is 5.05. The second-order valence-corrected chi connectivity index (χ2v) is 5.53. The lowest BCUT2D eigenvalue weighted by atomic mass is 10.0. The van der Waals surface area contributed by atoms with Gasteiger partial charge in [-0.3, -0.25) is 0 Å². The van der Waals surface area contributed by atoms with Gasteiger partial charge in [0.25, 0.3) is 0 Å². The molecule has 2 aromatic rings. The van der Waals surface area contributed by atoms with Crippen LogP contribution in [0.5, 0.6) is 5.75 Å². The molecule has 0 aromatic heterocycles. The van der Waals surface area contributed by atoms with Gasteiger partial charge >= 0.3 is 0 Å². The average molecular weight is 290 g/mol. The molecule has 0 saturated carbocycles. The highest BCUT2D eigenvalue weighted by Crippen LogP contribution is 2.30. The standard InChI is InChI=1S/C17H20ClNO/c1-12(2)15-8-3-4-9-16(15)20-17(11-19)13-6-5-7-14(18)10-13/h3-10,12,17H,11,19H2,1-2H3. The van der Waals surface area contributed by atoms with Crippen LogP contribution in [0, 0.1) is 0 Å². The number of hydrogen-bond donors (Lipinski definition) is 1. The van der Waals surface area contributed by atoms with Crippen molar-refractivity contribution in [3.8, 4) is 5.75 Å². The molecule has 0 aliphatic rings. The van der Waals surface area contributed by atoms with Crippen LogP contribution in [0.3, 0.4) is 0 Å². The van der Waals surface area contributed by atoms with Crippen LogP contribution >= 0.6 is 11.6 Å². The molecule has 1 unspecified atom stereocenters. The van der Waals surface area contributed by atoms with E-state index in [0.717, 1.165) is 11.3 Å². The lowest BCUT2D eigenvalue weighted by Gasteiger charge is -2.21. The zero-order chi connectivity index (χ0) is 14.5. The van der Waals surface area contributed by atoms with Gasteiger partial charge in [0.2, 0.25) is 0 Å². The van der Waals surface area contributed by atoms with Gasteiger partial charge in [-0.2, -0.15) is 0 Å². The number of para-hydroxylation sites is 1. The quantitative estimate of drug-likeness (QED) is 0.877. The summed E-state index contributed by atoms with van der Waals surface area (Å²) in [5.74, 6) is 1.29. The molecule has 0 saturated heterocycles. The minimum absolute atomic E-state index is 0.186. The fourth-order valence-electron chi connectivity index (χ4n) is 2.18. The van der Waals surface area contributed by atoms with Crippen molar-refractivity contribution in [3.05, 3.63) is 64.7 Å². The van der Waals surface area contributed by atoms with E-state index in [9.17, 15) is 0 Å². The Labute approximate surface area is 125 Å². The van der Waals surface area contributed by atoms with Gasteiger partial charge in [-0.25, -0.2) is 0 Å². The van der Waals surface area contributed by atoms with E-state index in [2.05, 4.69) is 19.9 Å². The fraction of sp³-hybridized carbons (Fsp3) is 0.294. The molecule has 0 fully saturated rings. The Balaban J connectivity index is 2.27. The highest BCUT2D eigenvalue weighted by atomic mass is 35.5. The van der Waals surface area contributed by atoms with Gasteiger partial charge in [-0.05, 0) is 35.2 Å². The Bertz CT molecular complexity index is 568. The van der Waals surface area contributed by atoms with E-state index in [1.54, 1.807) is 0 Å². The van der Waals surface area contributed by atoms with Crippen molar-refractivity contribution in [1.82, 2.24) is 0 Å². The summed E-state index contributed by atoms with van der Waals surface area (Å²) in [6.45, 7) is 4.71. The Morgan fingerprint density at radius 3 is 2.50 bits per heavy atom. The fourth-order valence-corrected chi connectivity index (χ4v) is 2.38. The SMILES string of the molecule is CC(C)c1ccccc1OC(CN)c1cccc(Cl)c1. The summed E-state index contributed by atoms with van der Waals surface area (Å²) in [6.07, 6.45) is -0.186. The molecule has 20 heavy (non-hydrogen) atoms. The molecular weight excluding hydrogens is 270 g/mol. The molecule has 2 nitrogen and oxygen atoms in total. The van der Waals surface area contributed by atoms with Crippen LogP contribution in [0.2, 0.25) is 5.02 Å². The third-order valence-electron chi connectivity index (χ3n) is 3.24. The molecule has 2 aromatic carbocycles. The largest absolute Gasteiger partial charge is 0.484 e. The van der Waals surface area contributed by atoms with Crippen LogP contribution in [-0.2, 0) is 0 Å². The van der Waals surface area contributed by atoms with Crippen LogP contribution in [0.15, 0.2) is 48.5 Å². The molecule has 2 N–H and O–H groups in total. The normalized spacial score (nSPS) is 12.4. The zero-order valence-electron chi connectivity index (χ0n) is 11.8. The van der Waals surface area contributed by atoms with Crippen molar-refractivity contribution in [3.63, 3.8) is 0 Å². The number of benzene rings is 2. The number of hydrogen-bond acceptors (Lipinski definition) is 2. The van der Waals surface area contributed by atoms with E-state index < -0.39 is 0 Å². The molecule has 0 radical (unpaired) electrons. The molecule has 0 aliphatic carbocycles. The Morgan fingerprint density at radius 2 is 1.85 bits per heavy atom. The van der Waals surface area contributed by atoms with E-state index in [0.29, 0.717) is 17.5 Å². The smallest absolute Gasteiger partial charge is 0.136 e. The highest BCUT2D eigenvalue weighted by Gasteiger charge is 2.15. The lowest BCUT2D eigenvalue weighted by molar-refractivity contribution is 0.211. The average Bonchev–Trinajstić information content (AvgIpc) is 2.45. The number of rotatable bonds is 5. The first-order valence-electron chi connectivity index (χ1n) is 6.83. The van der Waals surface area contributed by atoms with E-state index in [1.165, 1.54) is 5.56 Å². The summed E-state index contributed by atoms with van der Waals surface area (Å²) in [5, 5.41) is 0.696. The first-order chi connectivity index (χ1) is 9.61. The molecule has 0 aliphatic heterocycles. The molecule has 106 valence electrons. The summed E-state index contributed by atoms with van der Waals surface area (Å²) in [4.78, 5) is 0. The van der Waals surface area contributed by atoms with Gasteiger partial charge < -0.3 is 10.5 Å². The van der Waals surface area contributed by atoms with E-state index in [1.807, 2.05) is 42.5 Å². The van der Waals surface area contributed by atoms with Crippen LogP contribution < -0.4 is 10.5 Å². The molecule has 1 atom stereocenters. The Hall–Kier alpha value is -1.51. The van der Waals surface area contributed by atoms with Crippen molar-refractivity contribution < 1.29 is 4.74 Å². The van der Waals surface area contributed by atoms with Crippen LogP contribution in [-0.4, -0.2) is 6.54 Å². The van der Waals surface area contributed by atoms with Crippen molar-refractivity contribution in [2.24, 2.45) is 5.73 Å². The van der Waals surface area contributed by atoms with Gasteiger partial charge in [-0.1, -0.05) is 55.8 Å². The topological polar surface area (TPSA) is 35.2 Å². The summed E-state index contributed by atoms with van der Waals surface area (Å²) in [6, 6.07) is 15.7. The maximum atomic E-state index is 6.11. The molecule has 0 spiro atoms. The van der Waals surface area contributed by atoms with E-state index in [4.69, 9.17) is 22.1 Å². The molecular formula is C17H20ClNO. The molecule has 0 amide bonds. The van der Waals surface area contributed by atoms with Crippen molar-refractivity contribution in [2.45, 2.75) is 25.9 Å². The maximum Gasteiger partial charge on any atom is 0.136 e. The van der Waals surface area contributed by atoms with Crippen LogP contribution in [0.25, 0.3) is 0 Å². The predicted molar refractivity (Wildman–Crippen MR) is 84.4 cm³/mol. The minimum atomic E-state index is -0.186. The van der Waals surface area contributed by atoms with Crippen molar-refractivity contribution in [1.29, 1.82) is 0 Å². The minimum Gasteiger partial charge on any atom is -0.484 e. The number of ether oxygens (including phenoxy) is 1. The van der Waals surface area contributed by atoms with Gasteiger partial charge in [0.05, 0.1) is 0 Å². The molecule has 2 rings (SSSR count). The second-order valence-electron chi connectivity index (χ2n) is 5.09. The molecule has 3 heteroatoms. The summed E-state index contributed by atoms with van der Waals surface area (Å²) < 4.78 is 6.11. The lowest BCUT2D eigenvalue weighted by Crippen LogP contribution is -2.19. The van der Waals surface area contributed by atoms with Crippen LogP contribution in [0.4, 0.5) is 0 Å². The highest BCUT2D eigenvalue weighted by molar-refractivity contribution is 6.30. The Morgan fingerprint density at radius 1 is 1.10 bits per heavy atom. The first kappa shape index (κ1) is 14.9.